The fourth-order valence-electron chi connectivity index (χ4n) is 2.74. The van der Waals surface area contributed by atoms with Crippen LogP contribution in [0.4, 0.5) is 0 Å². The van der Waals surface area contributed by atoms with Crippen LogP contribution in [0.5, 0.6) is 0 Å². The number of carbonyl (C=O) groups is 2. The molecule has 1 fully saturated rings. The van der Waals surface area contributed by atoms with Gasteiger partial charge in [-0.05, 0) is 25.2 Å². The number of nitrogens with zero attached hydrogens (tertiary/aromatic N) is 1. The quantitative estimate of drug-likeness (QED) is 0.257. The van der Waals surface area contributed by atoms with Crippen molar-refractivity contribution in [3.63, 3.8) is 0 Å². The molecule has 0 radical (unpaired) electrons. The van der Waals surface area contributed by atoms with Gasteiger partial charge in [-0.2, -0.15) is 0 Å². The van der Waals surface area contributed by atoms with Crippen molar-refractivity contribution in [1.29, 1.82) is 0 Å². The normalized spacial score (nSPS) is 24.4. The summed E-state index contributed by atoms with van der Waals surface area (Å²) in [5.41, 5.74) is 1.34. The Hall–Kier alpha value is -0.106. The van der Waals surface area contributed by atoms with Gasteiger partial charge in [0.2, 0.25) is 14.2 Å². The first-order chi connectivity index (χ1) is 11.4. The maximum absolute atomic E-state index is 12.8. The monoisotopic (exact) mass is 510 g/mol. The lowest BCUT2D eigenvalue weighted by Crippen LogP contribution is -2.73. The number of β-lactam (4-membered cyclic amide) rings is 1. The average molecular weight is 511 g/mol. The summed E-state index contributed by atoms with van der Waals surface area (Å²) in [6.45, 7) is 12.5. The lowest BCUT2D eigenvalue weighted by molar-refractivity contribution is -0.147. The van der Waals surface area contributed by atoms with Gasteiger partial charge in [-0.15, -0.1) is 11.8 Å². The Balaban J connectivity index is 2.32. The molecule has 0 aromatic carbocycles. The number of fused-ring (bicyclic) bond motifs is 1. The number of hydrogen-bond donors (Lipinski definition) is 1. The van der Waals surface area contributed by atoms with Gasteiger partial charge in [-0.3, -0.25) is 9.69 Å². The van der Waals surface area contributed by atoms with Gasteiger partial charge in [-0.1, -0.05) is 54.4 Å². The van der Waals surface area contributed by atoms with E-state index in [-0.39, 0.29) is 23.3 Å². The fraction of sp³-hybridized carbons (Fsp3) is 0.625. The largest absolute Gasteiger partial charge is 0.515 e. The van der Waals surface area contributed by atoms with Crippen LogP contribution in [0.25, 0.3) is 0 Å². The highest BCUT2D eigenvalue weighted by atomic mass is 127. The van der Waals surface area contributed by atoms with Crippen molar-refractivity contribution in [2.24, 2.45) is 0 Å². The molecule has 1 saturated heterocycles. The third kappa shape index (κ3) is 5.21. The molecule has 0 bridgehead atoms. The number of halogens is 1. The van der Waals surface area contributed by atoms with Crippen LogP contribution >= 0.6 is 34.4 Å². The second-order valence-corrected chi connectivity index (χ2v) is 19.4. The highest BCUT2D eigenvalue weighted by molar-refractivity contribution is 14.1. The summed E-state index contributed by atoms with van der Waals surface area (Å²) >= 11 is 3.98. The number of thioether (sulfide) groups is 1. The number of hydrogen-bond acceptors (Lipinski definition) is 5. The topological polar surface area (TPSA) is 58.6 Å². The zero-order valence-corrected chi connectivity index (χ0v) is 20.7. The van der Waals surface area contributed by atoms with Gasteiger partial charge in [0.15, 0.2) is 0 Å². The van der Waals surface area contributed by atoms with Crippen molar-refractivity contribution in [3.8, 4) is 0 Å². The van der Waals surface area contributed by atoms with Crippen LogP contribution < -0.4 is 4.98 Å². The molecule has 0 aromatic rings. The van der Waals surface area contributed by atoms with Crippen molar-refractivity contribution < 1.29 is 14.0 Å². The van der Waals surface area contributed by atoms with Gasteiger partial charge in [0, 0.05) is 10.2 Å². The van der Waals surface area contributed by atoms with Crippen LogP contribution in [0.3, 0.4) is 0 Å². The SMILES string of the molecule is C[Si](C)(C)NC1C(=O)N2C(C(=O)O[Si](C)(C)C)=C(C=CCI)CS[C@@H]12. The molecule has 25 heavy (non-hydrogen) atoms. The van der Waals surface area contributed by atoms with E-state index < -0.39 is 16.6 Å². The Kier molecular flexibility index (Phi) is 6.67. The molecule has 9 heteroatoms. The highest BCUT2D eigenvalue weighted by Crippen LogP contribution is 2.41. The molecule has 0 aromatic heterocycles. The first-order valence-electron chi connectivity index (χ1n) is 8.36. The molecule has 0 spiro atoms. The first-order valence-corrected chi connectivity index (χ1v) is 17.8. The summed E-state index contributed by atoms with van der Waals surface area (Å²) in [5, 5.41) is -0.0137. The molecule has 0 saturated carbocycles. The van der Waals surface area contributed by atoms with E-state index in [1.54, 1.807) is 16.7 Å². The molecule has 2 aliphatic rings. The number of nitrogens with one attached hydrogen (secondary N) is 1. The average Bonchev–Trinajstić information content (AvgIpc) is 2.47. The van der Waals surface area contributed by atoms with Crippen molar-refractivity contribution in [2.45, 2.75) is 50.7 Å². The van der Waals surface area contributed by atoms with E-state index in [0.29, 0.717) is 5.70 Å². The molecular formula is C16H27IN2O3SSi2. The summed E-state index contributed by atoms with van der Waals surface area (Å²) in [5.74, 6) is 0.363. The summed E-state index contributed by atoms with van der Waals surface area (Å²) < 4.78 is 6.58. The van der Waals surface area contributed by atoms with E-state index in [1.165, 1.54) is 0 Å². The lowest BCUT2D eigenvalue weighted by atomic mass is 10.0. The van der Waals surface area contributed by atoms with Gasteiger partial charge < -0.3 is 9.41 Å². The number of allylic oxidation sites excluding steroid dienone is 2. The minimum absolute atomic E-state index is 0.0116. The van der Waals surface area contributed by atoms with Gasteiger partial charge in [0.05, 0.1) is 0 Å². The number of amides is 1. The van der Waals surface area contributed by atoms with E-state index in [2.05, 4.69) is 47.2 Å². The Bertz CT molecular complexity index is 626. The predicted molar refractivity (Wildman–Crippen MR) is 118 cm³/mol. The molecule has 0 aliphatic carbocycles. The predicted octanol–water partition coefficient (Wildman–Crippen LogP) is 3.32. The van der Waals surface area contributed by atoms with Gasteiger partial charge in [0.25, 0.3) is 0 Å². The maximum Gasteiger partial charge on any atom is 0.342 e. The smallest absolute Gasteiger partial charge is 0.342 e. The molecule has 2 rings (SSSR count). The summed E-state index contributed by atoms with van der Waals surface area (Å²) in [6.07, 6.45) is 3.98. The van der Waals surface area contributed by atoms with Crippen molar-refractivity contribution in [2.75, 3.05) is 10.2 Å². The Morgan fingerprint density at radius 2 is 2.00 bits per heavy atom. The second kappa shape index (κ2) is 7.87. The number of alkyl halides is 1. The Morgan fingerprint density at radius 1 is 1.36 bits per heavy atom. The number of carbonyl (C=O) groups excluding carboxylic acids is 2. The number of rotatable bonds is 6. The molecule has 1 unspecified atom stereocenters. The minimum atomic E-state index is -2.03. The third-order valence-corrected chi connectivity index (χ3v) is 7.37. The molecule has 2 aliphatic heterocycles. The Labute approximate surface area is 170 Å². The van der Waals surface area contributed by atoms with Crippen LogP contribution in [-0.4, -0.2) is 54.9 Å². The zero-order chi connectivity index (χ0) is 19.0. The lowest BCUT2D eigenvalue weighted by Gasteiger charge is -2.51. The molecule has 1 N–H and O–H groups in total. The first kappa shape index (κ1) is 21.2. The summed E-state index contributed by atoms with van der Waals surface area (Å²) in [7, 11) is -3.62. The second-order valence-electron chi connectivity index (χ2n) is 8.21. The highest BCUT2D eigenvalue weighted by Gasteiger charge is 2.54. The van der Waals surface area contributed by atoms with E-state index >= 15 is 0 Å². The van der Waals surface area contributed by atoms with Crippen LogP contribution in [0, 0.1) is 0 Å². The molecule has 140 valence electrons. The van der Waals surface area contributed by atoms with Crippen LogP contribution in [-0.2, 0) is 14.0 Å². The van der Waals surface area contributed by atoms with Crippen molar-refractivity contribution >= 4 is 62.8 Å². The van der Waals surface area contributed by atoms with Gasteiger partial charge >= 0.3 is 5.97 Å². The van der Waals surface area contributed by atoms with Crippen molar-refractivity contribution in [1.82, 2.24) is 9.88 Å². The van der Waals surface area contributed by atoms with E-state index in [1.807, 2.05) is 31.8 Å². The van der Waals surface area contributed by atoms with Crippen molar-refractivity contribution in [3.05, 3.63) is 23.4 Å². The fourth-order valence-corrected chi connectivity index (χ4v) is 6.30. The minimum Gasteiger partial charge on any atom is -0.515 e. The zero-order valence-electron chi connectivity index (χ0n) is 15.7. The maximum atomic E-state index is 12.8. The van der Waals surface area contributed by atoms with Gasteiger partial charge in [-0.25, -0.2) is 4.79 Å². The molecule has 1 amide bonds. The molecule has 2 atom stereocenters. The summed E-state index contributed by atoms with van der Waals surface area (Å²) in [6, 6.07) is -0.193. The summed E-state index contributed by atoms with van der Waals surface area (Å²) in [4.78, 5) is 30.8. The standard InChI is InChI=1S/C16H27IN2O3SSi2/c1-24(2,3)18-12-14(20)19-13(16(21)22-25(4,5)6)11(8-7-9-17)10-23-15(12)19/h7-8,12,15,18H,9-10H2,1-6H3/t12?,15-/m0/s1. The van der Waals surface area contributed by atoms with Gasteiger partial charge in [0.1, 0.15) is 25.3 Å². The van der Waals surface area contributed by atoms with Crippen LogP contribution in [0.2, 0.25) is 39.3 Å². The molecule has 5 nitrogen and oxygen atoms in total. The molecular weight excluding hydrogens is 483 g/mol. The van der Waals surface area contributed by atoms with E-state index in [4.69, 9.17) is 4.43 Å². The van der Waals surface area contributed by atoms with E-state index in [9.17, 15) is 9.59 Å². The van der Waals surface area contributed by atoms with E-state index in [0.717, 1.165) is 15.8 Å². The van der Waals surface area contributed by atoms with Crippen LogP contribution in [0.1, 0.15) is 0 Å². The molecule has 2 heterocycles. The third-order valence-electron chi connectivity index (χ3n) is 3.59. The van der Waals surface area contributed by atoms with Crippen LogP contribution in [0.15, 0.2) is 23.4 Å². The Morgan fingerprint density at radius 3 is 2.52 bits per heavy atom.